The van der Waals surface area contributed by atoms with Gasteiger partial charge in [0, 0.05) is 31.7 Å². The van der Waals surface area contributed by atoms with E-state index in [1.165, 1.54) is 0 Å². The molecule has 0 aromatic carbocycles. The summed E-state index contributed by atoms with van der Waals surface area (Å²) in [5.41, 5.74) is 0. The van der Waals surface area contributed by atoms with Crippen LogP contribution in [-0.2, 0) is 19.1 Å². The average molecular weight is 392 g/mol. The normalized spacial score (nSPS) is 25.2. The van der Waals surface area contributed by atoms with Gasteiger partial charge in [-0.15, -0.1) is 12.3 Å². The van der Waals surface area contributed by atoms with Crippen LogP contribution in [0.4, 0.5) is 0 Å². The van der Waals surface area contributed by atoms with E-state index < -0.39 is 5.97 Å². The second kappa shape index (κ2) is 11.7. The smallest absolute Gasteiger partial charge is 0.303 e. The molecule has 2 saturated heterocycles. The molecule has 2 bridgehead atoms. The Morgan fingerprint density at radius 2 is 1.68 bits per heavy atom. The van der Waals surface area contributed by atoms with Crippen molar-refractivity contribution in [1.29, 1.82) is 0 Å². The number of hydrogen-bond acceptors (Lipinski definition) is 4. The van der Waals surface area contributed by atoms with E-state index >= 15 is 0 Å². The standard InChI is InChI=1S/C21H32N2O5/c1-2-3-9-19(24)23-14-20(25)22-13-16-15(17-11-12-18(16)28-17)8-6-4-5-7-10-21(26)27/h1,15-18H,3-14H2,(H,22,25)(H,23,24)(H,26,27). The van der Waals surface area contributed by atoms with Gasteiger partial charge in [-0.1, -0.05) is 19.3 Å². The van der Waals surface area contributed by atoms with Gasteiger partial charge in [0.1, 0.15) is 0 Å². The zero-order chi connectivity index (χ0) is 20.4. The largest absolute Gasteiger partial charge is 0.481 e. The monoisotopic (exact) mass is 392 g/mol. The van der Waals surface area contributed by atoms with Crippen molar-refractivity contribution in [2.45, 2.75) is 76.4 Å². The Kier molecular flexibility index (Phi) is 9.29. The van der Waals surface area contributed by atoms with Gasteiger partial charge in [0.05, 0.1) is 18.8 Å². The van der Waals surface area contributed by atoms with Crippen molar-refractivity contribution in [3.8, 4) is 12.3 Å². The molecule has 2 aliphatic rings. The number of terminal acetylenes is 1. The van der Waals surface area contributed by atoms with Crippen LogP contribution in [0.2, 0.25) is 0 Å². The average Bonchev–Trinajstić information content (AvgIpc) is 3.27. The van der Waals surface area contributed by atoms with Gasteiger partial charge in [-0.25, -0.2) is 0 Å². The Morgan fingerprint density at radius 3 is 2.39 bits per heavy atom. The van der Waals surface area contributed by atoms with Crippen LogP contribution in [0.15, 0.2) is 0 Å². The Hall–Kier alpha value is -2.07. The lowest BCUT2D eigenvalue weighted by molar-refractivity contribution is -0.137. The van der Waals surface area contributed by atoms with Gasteiger partial charge in [-0.2, -0.15) is 0 Å². The number of rotatable bonds is 13. The van der Waals surface area contributed by atoms with Crippen molar-refractivity contribution in [2.24, 2.45) is 11.8 Å². The van der Waals surface area contributed by atoms with Gasteiger partial charge in [-0.3, -0.25) is 14.4 Å². The molecule has 2 amide bonds. The second-order valence-electron chi connectivity index (χ2n) is 7.75. The fourth-order valence-electron chi connectivity index (χ4n) is 4.31. The molecule has 4 unspecified atom stereocenters. The van der Waals surface area contributed by atoms with Crippen LogP contribution in [-0.4, -0.2) is 48.2 Å². The molecule has 0 aliphatic carbocycles. The number of unbranched alkanes of at least 4 members (excludes halogenated alkanes) is 3. The molecule has 28 heavy (non-hydrogen) atoms. The fourth-order valence-corrected chi connectivity index (χ4v) is 4.31. The molecule has 0 saturated carbocycles. The molecule has 7 nitrogen and oxygen atoms in total. The molecule has 2 heterocycles. The molecule has 2 rings (SSSR count). The molecule has 2 fully saturated rings. The molecular formula is C21H32N2O5. The van der Waals surface area contributed by atoms with Crippen molar-refractivity contribution < 1.29 is 24.2 Å². The van der Waals surface area contributed by atoms with Crippen LogP contribution < -0.4 is 10.6 Å². The maximum atomic E-state index is 12.0. The Balaban J connectivity index is 1.66. The van der Waals surface area contributed by atoms with E-state index in [2.05, 4.69) is 16.6 Å². The number of fused-ring (bicyclic) bond motifs is 2. The van der Waals surface area contributed by atoms with E-state index in [4.69, 9.17) is 16.3 Å². The molecule has 4 atom stereocenters. The molecule has 3 N–H and O–H groups in total. The maximum absolute atomic E-state index is 12.0. The summed E-state index contributed by atoms with van der Waals surface area (Å²) in [4.78, 5) is 34.1. The molecule has 0 radical (unpaired) electrons. The van der Waals surface area contributed by atoms with Crippen molar-refractivity contribution in [2.75, 3.05) is 13.1 Å². The third-order valence-electron chi connectivity index (χ3n) is 5.75. The van der Waals surface area contributed by atoms with Gasteiger partial charge < -0.3 is 20.5 Å². The summed E-state index contributed by atoms with van der Waals surface area (Å²) in [6.07, 6.45) is 13.4. The fraction of sp³-hybridized carbons (Fsp3) is 0.762. The molecule has 0 spiro atoms. The van der Waals surface area contributed by atoms with E-state index in [1.807, 2.05) is 0 Å². The molecule has 2 aliphatic heterocycles. The van der Waals surface area contributed by atoms with E-state index in [0.717, 1.165) is 44.9 Å². The number of hydrogen-bond donors (Lipinski definition) is 3. The lowest BCUT2D eigenvalue weighted by Crippen LogP contribution is -2.42. The summed E-state index contributed by atoms with van der Waals surface area (Å²) in [6.45, 7) is 0.545. The topological polar surface area (TPSA) is 105 Å². The second-order valence-corrected chi connectivity index (χ2v) is 7.75. The number of carbonyl (C=O) groups is 3. The summed E-state index contributed by atoms with van der Waals surface area (Å²) < 4.78 is 6.06. The number of nitrogens with one attached hydrogen (secondary N) is 2. The SMILES string of the molecule is C#CCCC(=O)NCC(=O)NCC1C2CCC(O2)C1CCCCCCC(=O)O. The molecular weight excluding hydrogens is 360 g/mol. The van der Waals surface area contributed by atoms with Gasteiger partial charge in [0.25, 0.3) is 0 Å². The quantitative estimate of drug-likeness (QED) is 0.328. The van der Waals surface area contributed by atoms with Crippen LogP contribution in [0.5, 0.6) is 0 Å². The maximum Gasteiger partial charge on any atom is 0.303 e. The predicted molar refractivity (Wildman–Crippen MR) is 104 cm³/mol. The Labute approximate surface area is 167 Å². The highest BCUT2D eigenvalue weighted by Gasteiger charge is 2.48. The number of amides is 2. The van der Waals surface area contributed by atoms with Crippen LogP contribution in [0, 0.1) is 24.2 Å². The third-order valence-corrected chi connectivity index (χ3v) is 5.75. The number of aliphatic carboxylic acids is 1. The Morgan fingerprint density at radius 1 is 0.964 bits per heavy atom. The van der Waals surface area contributed by atoms with Gasteiger partial charge in [0.2, 0.25) is 11.8 Å². The highest BCUT2D eigenvalue weighted by atomic mass is 16.5. The summed E-state index contributed by atoms with van der Waals surface area (Å²) in [5.74, 6) is 2.03. The minimum atomic E-state index is -0.732. The lowest BCUT2D eigenvalue weighted by atomic mass is 9.76. The number of carboxylic acid groups (broad SMARTS) is 1. The first kappa shape index (κ1) is 22.2. The van der Waals surface area contributed by atoms with E-state index in [1.54, 1.807) is 0 Å². The summed E-state index contributed by atoms with van der Waals surface area (Å²) in [6, 6.07) is 0. The van der Waals surface area contributed by atoms with Crippen LogP contribution in [0.3, 0.4) is 0 Å². The minimum Gasteiger partial charge on any atom is -0.481 e. The first-order valence-electron chi connectivity index (χ1n) is 10.4. The van der Waals surface area contributed by atoms with Crippen molar-refractivity contribution in [3.63, 3.8) is 0 Å². The molecule has 156 valence electrons. The highest BCUT2D eigenvalue weighted by molar-refractivity contribution is 5.84. The van der Waals surface area contributed by atoms with Crippen molar-refractivity contribution in [1.82, 2.24) is 10.6 Å². The summed E-state index contributed by atoms with van der Waals surface area (Å²) in [7, 11) is 0. The van der Waals surface area contributed by atoms with E-state index in [-0.39, 0.29) is 43.4 Å². The number of carboxylic acids is 1. The lowest BCUT2D eigenvalue weighted by Gasteiger charge is -2.28. The molecule has 0 aromatic rings. The molecule has 0 aromatic heterocycles. The summed E-state index contributed by atoms with van der Waals surface area (Å²) in [5, 5.41) is 14.2. The first-order valence-corrected chi connectivity index (χ1v) is 10.4. The van der Waals surface area contributed by atoms with Crippen LogP contribution in [0.25, 0.3) is 0 Å². The minimum absolute atomic E-state index is 0.0285. The van der Waals surface area contributed by atoms with Gasteiger partial charge in [0.15, 0.2) is 0 Å². The number of carbonyl (C=O) groups excluding carboxylic acids is 2. The van der Waals surface area contributed by atoms with Gasteiger partial charge >= 0.3 is 5.97 Å². The van der Waals surface area contributed by atoms with Gasteiger partial charge in [-0.05, 0) is 31.6 Å². The zero-order valence-electron chi connectivity index (χ0n) is 16.5. The molecule has 7 heteroatoms. The van der Waals surface area contributed by atoms with Crippen LogP contribution >= 0.6 is 0 Å². The predicted octanol–water partition coefficient (Wildman–Crippen LogP) is 1.85. The van der Waals surface area contributed by atoms with E-state index in [0.29, 0.717) is 24.8 Å². The third kappa shape index (κ3) is 7.16. The first-order chi connectivity index (χ1) is 13.5. The summed E-state index contributed by atoms with van der Waals surface area (Å²) >= 11 is 0. The highest BCUT2D eigenvalue weighted by Crippen LogP contribution is 2.45. The van der Waals surface area contributed by atoms with Crippen molar-refractivity contribution >= 4 is 17.8 Å². The van der Waals surface area contributed by atoms with E-state index in [9.17, 15) is 14.4 Å². The van der Waals surface area contributed by atoms with Crippen molar-refractivity contribution in [3.05, 3.63) is 0 Å². The van der Waals surface area contributed by atoms with Crippen LogP contribution in [0.1, 0.15) is 64.2 Å². The number of ether oxygens (including phenoxy) is 1. The zero-order valence-corrected chi connectivity index (χ0v) is 16.5. The Bertz CT molecular complexity index is 586.